The first-order valence-corrected chi connectivity index (χ1v) is 8.46. The summed E-state index contributed by atoms with van der Waals surface area (Å²) in [6, 6.07) is 8.21. The third-order valence-corrected chi connectivity index (χ3v) is 4.12. The van der Waals surface area contributed by atoms with Gasteiger partial charge in [0.25, 0.3) is 0 Å². The number of urea groups is 1. The maximum Gasteiger partial charge on any atom is 0.317 e. The van der Waals surface area contributed by atoms with Crippen LogP contribution in [0.4, 0.5) is 4.79 Å². The molecule has 1 aromatic carbocycles. The summed E-state index contributed by atoms with van der Waals surface area (Å²) in [5.41, 5.74) is 2.21. The molecule has 0 bridgehead atoms. The molecule has 0 saturated carbocycles. The quantitative estimate of drug-likeness (QED) is 0.875. The lowest BCUT2D eigenvalue weighted by molar-refractivity contribution is -0.121. The summed E-state index contributed by atoms with van der Waals surface area (Å²) in [6.45, 7) is 6.18. The van der Waals surface area contributed by atoms with Crippen molar-refractivity contribution in [1.82, 2.24) is 15.5 Å². The van der Waals surface area contributed by atoms with Crippen LogP contribution in [0.3, 0.4) is 0 Å². The fourth-order valence-corrected chi connectivity index (χ4v) is 2.86. The Morgan fingerprint density at radius 1 is 1.26 bits per heavy atom. The van der Waals surface area contributed by atoms with Gasteiger partial charge in [0.05, 0.1) is 6.42 Å². The highest BCUT2D eigenvalue weighted by atomic mass is 16.2. The van der Waals surface area contributed by atoms with Crippen molar-refractivity contribution >= 4 is 11.9 Å². The molecule has 5 nitrogen and oxygen atoms in total. The second kappa shape index (κ2) is 8.56. The van der Waals surface area contributed by atoms with E-state index in [9.17, 15) is 9.59 Å². The van der Waals surface area contributed by atoms with Crippen LogP contribution >= 0.6 is 0 Å². The van der Waals surface area contributed by atoms with Gasteiger partial charge in [-0.05, 0) is 31.7 Å². The number of aryl methyl sites for hydroxylation is 1. The van der Waals surface area contributed by atoms with Crippen molar-refractivity contribution in [3.8, 4) is 0 Å². The Bertz CT molecular complexity index is 537. The van der Waals surface area contributed by atoms with E-state index in [0.29, 0.717) is 26.1 Å². The lowest BCUT2D eigenvalue weighted by atomic mass is 10.0. The number of likely N-dealkylation sites (tertiary alicyclic amines) is 1. The van der Waals surface area contributed by atoms with Crippen LogP contribution in [-0.4, -0.2) is 42.5 Å². The fraction of sp³-hybridized carbons (Fsp3) is 0.556. The lowest BCUT2D eigenvalue weighted by Gasteiger charge is -2.32. The summed E-state index contributed by atoms with van der Waals surface area (Å²) in [5.74, 6) is 0.0597. The highest BCUT2D eigenvalue weighted by Crippen LogP contribution is 2.11. The number of nitrogens with one attached hydrogen (secondary N) is 2. The van der Waals surface area contributed by atoms with Crippen LogP contribution in [0.2, 0.25) is 0 Å². The summed E-state index contributed by atoms with van der Waals surface area (Å²) in [4.78, 5) is 25.9. The smallest absolute Gasteiger partial charge is 0.317 e. The number of benzene rings is 1. The van der Waals surface area contributed by atoms with E-state index in [4.69, 9.17) is 0 Å². The van der Waals surface area contributed by atoms with Crippen LogP contribution in [0.15, 0.2) is 24.3 Å². The third-order valence-electron chi connectivity index (χ3n) is 4.12. The maximum absolute atomic E-state index is 12.1. The molecule has 2 N–H and O–H groups in total. The molecule has 3 amide bonds. The first-order chi connectivity index (χ1) is 11.1. The second-order valence-corrected chi connectivity index (χ2v) is 6.23. The molecule has 0 radical (unpaired) electrons. The summed E-state index contributed by atoms with van der Waals surface area (Å²) in [5, 5.41) is 5.99. The molecule has 0 spiro atoms. The SMILES string of the molecule is CCCNC(=O)N1CCC(NC(=O)Cc2cccc(C)c2)CC1. The van der Waals surface area contributed by atoms with E-state index in [1.165, 1.54) is 5.56 Å². The first kappa shape index (κ1) is 17.3. The van der Waals surface area contributed by atoms with Crippen LogP contribution in [-0.2, 0) is 11.2 Å². The lowest BCUT2D eigenvalue weighted by Crippen LogP contribution is -2.49. The minimum atomic E-state index is 0.0105. The first-order valence-electron chi connectivity index (χ1n) is 8.46. The van der Waals surface area contributed by atoms with Gasteiger partial charge in [-0.25, -0.2) is 4.79 Å². The Balaban J connectivity index is 1.73. The van der Waals surface area contributed by atoms with Crippen LogP contribution in [0.5, 0.6) is 0 Å². The molecule has 5 heteroatoms. The molecule has 1 aromatic rings. The van der Waals surface area contributed by atoms with E-state index in [1.54, 1.807) is 0 Å². The van der Waals surface area contributed by atoms with E-state index < -0.39 is 0 Å². The van der Waals surface area contributed by atoms with Crippen molar-refractivity contribution in [3.63, 3.8) is 0 Å². The summed E-state index contributed by atoms with van der Waals surface area (Å²) in [7, 11) is 0. The van der Waals surface area contributed by atoms with Crippen molar-refractivity contribution in [1.29, 1.82) is 0 Å². The van der Waals surface area contributed by atoms with E-state index >= 15 is 0 Å². The number of hydrogen-bond acceptors (Lipinski definition) is 2. The van der Waals surface area contributed by atoms with Crippen molar-refractivity contribution < 1.29 is 9.59 Å². The molecule has 126 valence electrons. The van der Waals surface area contributed by atoms with E-state index in [0.717, 1.165) is 24.8 Å². The van der Waals surface area contributed by atoms with Gasteiger partial charge >= 0.3 is 6.03 Å². The predicted octanol–water partition coefficient (Wildman–Crippen LogP) is 2.24. The largest absolute Gasteiger partial charge is 0.353 e. The molecular weight excluding hydrogens is 290 g/mol. The van der Waals surface area contributed by atoms with Gasteiger partial charge in [0.1, 0.15) is 0 Å². The Kier molecular flexibility index (Phi) is 6.44. The second-order valence-electron chi connectivity index (χ2n) is 6.23. The highest BCUT2D eigenvalue weighted by molar-refractivity contribution is 5.79. The van der Waals surface area contributed by atoms with Gasteiger partial charge in [-0.1, -0.05) is 36.8 Å². The average molecular weight is 317 g/mol. The van der Waals surface area contributed by atoms with Crippen molar-refractivity contribution in [2.24, 2.45) is 0 Å². The number of amides is 3. The Hall–Kier alpha value is -2.04. The van der Waals surface area contributed by atoms with Gasteiger partial charge in [0.2, 0.25) is 5.91 Å². The molecule has 23 heavy (non-hydrogen) atoms. The maximum atomic E-state index is 12.1. The Morgan fingerprint density at radius 3 is 2.65 bits per heavy atom. The van der Waals surface area contributed by atoms with Crippen molar-refractivity contribution in [3.05, 3.63) is 35.4 Å². The Labute approximate surface area is 138 Å². The van der Waals surface area contributed by atoms with Gasteiger partial charge < -0.3 is 15.5 Å². The monoisotopic (exact) mass is 317 g/mol. The molecule has 0 atom stereocenters. The molecule has 0 aliphatic carbocycles. The molecule has 0 unspecified atom stereocenters. The van der Waals surface area contributed by atoms with Crippen LogP contribution in [0, 0.1) is 6.92 Å². The van der Waals surface area contributed by atoms with Gasteiger partial charge in [-0.2, -0.15) is 0 Å². The van der Waals surface area contributed by atoms with E-state index in [-0.39, 0.29) is 18.0 Å². The molecule has 1 aliphatic heterocycles. The third kappa shape index (κ3) is 5.58. The molecule has 1 aliphatic rings. The topological polar surface area (TPSA) is 61.4 Å². The van der Waals surface area contributed by atoms with Crippen molar-refractivity contribution in [2.75, 3.05) is 19.6 Å². The number of rotatable bonds is 5. The Morgan fingerprint density at radius 2 is 2.00 bits per heavy atom. The van der Waals surface area contributed by atoms with Crippen LogP contribution in [0.1, 0.15) is 37.3 Å². The van der Waals surface area contributed by atoms with Gasteiger partial charge in [-0.3, -0.25) is 4.79 Å². The molecule has 0 aromatic heterocycles. The average Bonchev–Trinajstić information content (AvgIpc) is 2.53. The normalized spacial score (nSPS) is 15.3. The summed E-state index contributed by atoms with van der Waals surface area (Å²) >= 11 is 0. The van der Waals surface area contributed by atoms with Crippen LogP contribution < -0.4 is 10.6 Å². The van der Waals surface area contributed by atoms with Crippen LogP contribution in [0.25, 0.3) is 0 Å². The minimum absolute atomic E-state index is 0.0105. The number of hydrogen-bond donors (Lipinski definition) is 2. The molecule has 2 rings (SSSR count). The standard InChI is InChI=1S/C18H27N3O2/c1-3-9-19-18(23)21-10-7-16(8-11-21)20-17(22)13-15-6-4-5-14(2)12-15/h4-6,12,16H,3,7-11,13H2,1-2H3,(H,19,23)(H,20,22). The van der Waals surface area contributed by atoms with Gasteiger partial charge in [0, 0.05) is 25.7 Å². The molecular formula is C18H27N3O2. The van der Waals surface area contributed by atoms with E-state index in [1.807, 2.05) is 43.0 Å². The summed E-state index contributed by atoms with van der Waals surface area (Å²) < 4.78 is 0. The zero-order chi connectivity index (χ0) is 16.7. The number of carbonyl (C=O) groups is 2. The summed E-state index contributed by atoms with van der Waals surface area (Å²) in [6.07, 6.45) is 2.99. The van der Waals surface area contributed by atoms with Gasteiger partial charge in [-0.15, -0.1) is 0 Å². The number of carbonyl (C=O) groups excluding carboxylic acids is 2. The van der Waals surface area contributed by atoms with Gasteiger partial charge in [0.15, 0.2) is 0 Å². The van der Waals surface area contributed by atoms with Crippen molar-refractivity contribution in [2.45, 2.75) is 45.6 Å². The zero-order valence-electron chi connectivity index (χ0n) is 14.1. The predicted molar refractivity (Wildman–Crippen MR) is 91.3 cm³/mol. The molecule has 1 heterocycles. The van der Waals surface area contributed by atoms with E-state index in [2.05, 4.69) is 10.6 Å². The number of nitrogens with zero attached hydrogens (tertiary/aromatic N) is 1. The minimum Gasteiger partial charge on any atom is -0.353 e. The highest BCUT2D eigenvalue weighted by Gasteiger charge is 2.23. The zero-order valence-corrected chi connectivity index (χ0v) is 14.1. The fourth-order valence-electron chi connectivity index (χ4n) is 2.86. The molecule has 1 fully saturated rings. The number of piperidine rings is 1. The molecule has 1 saturated heterocycles.